The molecule has 2 amide bonds. The van der Waals surface area contributed by atoms with Gasteiger partial charge in [0.15, 0.2) is 0 Å². The van der Waals surface area contributed by atoms with E-state index in [1.807, 2.05) is 24.3 Å². The summed E-state index contributed by atoms with van der Waals surface area (Å²) in [4.78, 5) is 10.9. The molecule has 0 atom stereocenters. The highest BCUT2D eigenvalue weighted by atomic mass is 32.1. The first-order valence-corrected chi connectivity index (χ1v) is 5.92. The number of hydrogen-bond donors (Lipinski definition) is 2. The number of anilines is 1. The summed E-state index contributed by atoms with van der Waals surface area (Å²) in [6, 6.07) is 7.17. The van der Waals surface area contributed by atoms with Gasteiger partial charge in [0.2, 0.25) is 0 Å². The zero-order valence-electron chi connectivity index (χ0n) is 9.52. The van der Waals surface area contributed by atoms with Gasteiger partial charge in [-0.1, -0.05) is 44.7 Å². The van der Waals surface area contributed by atoms with Crippen LogP contribution < -0.4 is 10.0 Å². The largest absolute Gasteiger partial charge is 0.350 e. The fraction of sp³-hybridized carbons (Fsp3) is 0.417. The number of amides is 2. The first-order valence-electron chi connectivity index (χ1n) is 5.52. The molecule has 0 heterocycles. The number of urea groups is 1. The molecule has 0 unspecified atom stereocenters. The molecule has 88 valence electrons. The van der Waals surface area contributed by atoms with Gasteiger partial charge < -0.3 is 5.73 Å². The van der Waals surface area contributed by atoms with Crippen LogP contribution in [0.25, 0.3) is 0 Å². The van der Waals surface area contributed by atoms with Gasteiger partial charge in [-0.15, -0.1) is 0 Å². The molecule has 0 aliphatic heterocycles. The quantitative estimate of drug-likeness (QED) is 0.601. The van der Waals surface area contributed by atoms with Crippen molar-refractivity contribution in [2.75, 3.05) is 4.31 Å². The zero-order chi connectivity index (χ0) is 12.0. The van der Waals surface area contributed by atoms with Gasteiger partial charge >= 0.3 is 6.03 Å². The van der Waals surface area contributed by atoms with Crippen LogP contribution in [0.5, 0.6) is 0 Å². The van der Waals surface area contributed by atoms with Crippen molar-refractivity contribution in [2.24, 2.45) is 5.73 Å². The lowest BCUT2D eigenvalue weighted by Gasteiger charge is -2.12. The number of hydrogen-bond acceptors (Lipinski definition) is 2. The fourth-order valence-corrected chi connectivity index (χ4v) is 1.64. The number of carbonyl (C=O) groups excluding carboxylic acids is 1. The second-order valence-electron chi connectivity index (χ2n) is 3.77. The minimum Gasteiger partial charge on any atom is -0.350 e. The maximum atomic E-state index is 10.9. The number of carbonyl (C=O) groups is 1. The van der Waals surface area contributed by atoms with Gasteiger partial charge in [-0.05, 0) is 30.5 Å². The number of thiol groups is 1. The second-order valence-corrected chi connectivity index (χ2v) is 4.17. The van der Waals surface area contributed by atoms with Crippen molar-refractivity contribution in [1.29, 1.82) is 0 Å². The van der Waals surface area contributed by atoms with Crippen LogP contribution in [-0.2, 0) is 6.42 Å². The summed E-state index contributed by atoms with van der Waals surface area (Å²) in [5.41, 5.74) is 7.10. The van der Waals surface area contributed by atoms with Crippen LogP contribution in [0.15, 0.2) is 24.3 Å². The van der Waals surface area contributed by atoms with Crippen LogP contribution in [0, 0.1) is 0 Å². The molecule has 0 spiro atoms. The maximum absolute atomic E-state index is 10.9. The number of aryl methyl sites for hydroxylation is 1. The Balaban J connectivity index is 2.57. The lowest BCUT2D eigenvalue weighted by Crippen LogP contribution is -2.27. The molecular weight excluding hydrogens is 220 g/mol. The third kappa shape index (κ3) is 3.77. The lowest BCUT2D eigenvalue weighted by atomic mass is 10.1. The highest BCUT2D eigenvalue weighted by Gasteiger charge is 2.06. The van der Waals surface area contributed by atoms with Crippen molar-refractivity contribution in [1.82, 2.24) is 0 Å². The van der Waals surface area contributed by atoms with Crippen LogP contribution in [0.2, 0.25) is 0 Å². The van der Waals surface area contributed by atoms with Crippen LogP contribution in [0.1, 0.15) is 31.7 Å². The van der Waals surface area contributed by atoms with E-state index < -0.39 is 6.03 Å². The lowest BCUT2D eigenvalue weighted by molar-refractivity contribution is 0.257. The Bertz CT molecular complexity index is 337. The molecule has 0 aromatic heterocycles. The average molecular weight is 238 g/mol. The molecule has 1 aromatic carbocycles. The minimum absolute atomic E-state index is 0.568. The van der Waals surface area contributed by atoms with Crippen LogP contribution in [0.3, 0.4) is 0 Å². The number of primary amides is 1. The van der Waals surface area contributed by atoms with Gasteiger partial charge in [0.1, 0.15) is 0 Å². The van der Waals surface area contributed by atoms with Gasteiger partial charge in [-0.2, -0.15) is 0 Å². The van der Waals surface area contributed by atoms with E-state index in [4.69, 9.17) is 5.73 Å². The molecule has 0 aliphatic rings. The van der Waals surface area contributed by atoms with E-state index in [1.165, 1.54) is 24.8 Å². The highest BCUT2D eigenvalue weighted by molar-refractivity contribution is 7.82. The Hall–Kier alpha value is -1.16. The molecule has 0 aliphatic carbocycles. The van der Waals surface area contributed by atoms with Gasteiger partial charge in [0.05, 0.1) is 5.69 Å². The van der Waals surface area contributed by atoms with E-state index in [-0.39, 0.29) is 0 Å². The summed E-state index contributed by atoms with van der Waals surface area (Å²) in [5, 5.41) is 0. The Labute approximate surface area is 102 Å². The molecule has 3 nitrogen and oxygen atoms in total. The van der Waals surface area contributed by atoms with E-state index in [0.29, 0.717) is 5.69 Å². The Morgan fingerprint density at radius 2 is 1.94 bits per heavy atom. The number of nitrogens with zero attached hydrogens (tertiary/aromatic N) is 1. The Morgan fingerprint density at radius 3 is 2.44 bits per heavy atom. The van der Waals surface area contributed by atoms with E-state index in [9.17, 15) is 4.79 Å². The second kappa shape index (κ2) is 6.43. The Kier molecular flexibility index (Phi) is 5.19. The summed E-state index contributed by atoms with van der Waals surface area (Å²) >= 11 is 3.99. The SMILES string of the molecule is CCCCCc1ccc(N(S)C(N)=O)cc1. The molecule has 0 fully saturated rings. The molecule has 2 N–H and O–H groups in total. The summed E-state index contributed by atoms with van der Waals surface area (Å²) < 4.78 is 1.13. The molecule has 0 bridgehead atoms. The number of rotatable bonds is 5. The van der Waals surface area contributed by atoms with Crippen LogP contribution >= 0.6 is 12.8 Å². The van der Waals surface area contributed by atoms with Gasteiger partial charge in [-0.25, -0.2) is 9.10 Å². The monoisotopic (exact) mass is 238 g/mol. The molecule has 0 radical (unpaired) electrons. The molecule has 16 heavy (non-hydrogen) atoms. The molecule has 0 saturated carbocycles. The summed E-state index contributed by atoms with van der Waals surface area (Å²) in [6.45, 7) is 2.19. The summed E-state index contributed by atoms with van der Waals surface area (Å²) in [7, 11) is 0. The smallest absolute Gasteiger partial charge is 0.329 e. The number of benzene rings is 1. The van der Waals surface area contributed by atoms with E-state index in [0.717, 1.165) is 10.7 Å². The highest BCUT2D eigenvalue weighted by Crippen LogP contribution is 2.17. The average Bonchev–Trinajstić information content (AvgIpc) is 2.29. The number of unbranched alkanes of at least 4 members (excludes halogenated alkanes) is 2. The van der Waals surface area contributed by atoms with Crippen molar-refractivity contribution >= 4 is 24.5 Å². The van der Waals surface area contributed by atoms with E-state index in [1.54, 1.807) is 0 Å². The van der Waals surface area contributed by atoms with E-state index >= 15 is 0 Å². The minimum atomic E-state index is -0.568. The normalized spacial score (nSPS) is 10.1. The van der Waals surface area contributed by atoms with Gasteiger partial charge in [-0.3, -0.25) is 0 Å². The molecule has 0 saturated heterocycles. The predicted molar refractivity (Wildman–Crippen MR) is 70.7 cm³/mol. The first-order chi connectivity index (χ1) is 7.65. The Morgan fingerprint density at radius 1 is 1.31 bits per heavy atom. The molecular formula is C12H18N2OS. The van der Waals surface area contributed by atoms with Crippen LogP contribution in [-0.4, -0.2) is 6.03 Å². The standard InChI is InChI=1S/C12H18N2OS/c1-2-3-4-5-10-6-8-11(9-7-10)14(16)12(13)15/h6-9,16H,2-5H2,1H3,(H2,13,15). The molecule has 4 heteroatoms. The van der Waals surface area contributed by atoms with Crippen molar-refractivity contribution in [3.8, 4) is 0 Å². The third-order valence-electron chi connectivity index (χ3n) is 2.46. The van der Waals surface area contributed by atoms with Crippen LogP contribution in [0.4, 0.5) is 10.5 Å². The van der Waals surface area contributed by atoms with Gasteiger partial charge in [0, 0.05) is 0 Å². The van der Waals surface area contributed by atoms with Crippen molar-refractivity contribution in [2.45, 2.75) is 32.6 Å². The molecule has 1 rings (SSSR count). The summed E-state index contributed by atoms with van der Waals surface area (Å²) in [6.07, 6.45) is 4.76. The molecule has 1 aromatic rings. The van der Waals surface area contributed by atoms with Crippen molar-refractivity contribution < 1.29 is 4.79 Å². The zero-order valence-corrected chi connectivity index (χ0v) is 10.4. The van der Waals surface area contributed by atoms with Gasteiger partial charge in [0.25, 0.3) is 0 Å². The maximum Gasteiger partial charge on any atom is 0.329 e. The first kappa shape index (κ1) is 12.9. The number of nitrogens with two attached hydrogens (primary N) is 1. The van der Waals surface area contributed by atoms with Crippen molar-refractivity contribution in [3.63, 3.8) is 0 Å². The fourth-order valence-electron chi connectivity index (χ4n) is 1.51. The predicted octanol–water partition coefficient (Wildman–Crippen LogP) is 3.15. The summed E-state index contributed by atoms with van der Waals surface area (Å²) in [5.74, 6) is 0. The van der Waals surface area contributed by atoms with E-state index in [2.05, 4.69) is 19.7 Å². The van der Waals surface area contributed by atoms with Crippen molar-refractivity contribution in [3.05, 3.63) is 29.8 Å². The topological polar surface area (TPSA) is 46.3 Å². The third-order valence-corrected chi connectivity index (χ3v) is 2.89.